The van der Waals surface area contributed by atoms with Crippen LogP contribution in [0.5, 0.6) is 0 Å². The van der Waals surface area contributed by atoms with Crippen molar-refractivity contribution in [3.05, 3.63) is 0 Å². The van der Waals surface area contributed by atoms with Gasteiger partial charge in [0.15, 0.2) is 0 Å². The lowest BCUT2D eigenvalue weighted by atomic mass is 10.3. The Morgan fingerprint density at radius 3 is 2.33 bits per heavy atom. The molecule has 0 amide bonds. The lowest BCUT2D eigenvalue weighted by molar-refractivity contribution is -0.107. The predicted molar refractivity (Wildman–Crippen MR) is 34.9 cm³/mol. The van der Waals surface area contributed by atoms with Gasteiger partial charge in [0.05, 0.1) is 0 Å². The van der Waals surface area contributed by atoms with E-state index >= 15 is 0 Å². The quantitative estimate of drug-likeness (QED) is 0.321. The molecule has 0 aliphatic carbocycles. The zero-order chi connectivity index (χ0) is 7.11. The molecule has 0 atom stereocenters. The Labute approximate surface area is 55.2 Å². The van der Waals surface area contributed by atoms with Gasteiger partial charge in [-0.3, -0.25) is 0 Å². The first-order valence-corrected chi connectivity index (χ1v) is 3.76. The topological polar surface area (TPSA) is 51.2 Å². The lowest BCUT2D eigenvalue weighted by Gasteiger charge is -1.80. The van der Waals surface area contributed by atoms with Crippen LogP contribution in [0.2, 0.25) is 0 Å². The van der Waals surface area contributed by atoms with E-state index in [2.05, 4.69) is 0 Å². The number of hydrogen-bond acceptors (Lipinski definition) is 3. The van der Waals surface area contributed by atoms with Crippen LogP contribution >= 0.6 is 0 Å². The monoisotopic (exact) mass is 148 g/mol. The molecule has 0 aromatic carbocycles. The lowest BCUT2D eigenvalue weighted by Crippen LogP contribution is -1.79. The number of aldehydes is 1. The second-order valence-electron chi connectivity index (χ2n) is 1.52. The normalized spacial score (nSPS) is 8.44. The highest BCUT2D eigenvalue weighted by Crippen LogP contribution is 1.86. The molecule has 0 aromatic rings. The highest BCUT2D eigenvalue weighted by molar-refractivity contribution is 7.71. The van der Waals surface area contributed by atoms with Gasteiger partial charge in [-0.25, -0.2) is 0 Å². The van der Waals surface area contributed by atoms with Crippen LogP contribution in [0.25, 0.3) is 0 Å². The molecule has 0 N–H and O–H groups in total. The molecule has 0 aliphatic heterocycles. The average molecular weight is 148 g/mol. The van der Waals surface area contributed by atoms with Crippen molar-refractivity contribution in [3.8, 4) is 0 Å². The molecule has 4 heteroatoms. The van der Waals surface area contributed by atoms with Gasteiger partial charge in [0.2, 0.25) is 10.3 Å². The molecule has 0 aliphatic rings. The minimum atomic E-state index is -2.06. The van der Waals surface area contributed by atoms with E-state index in [0.29, 0.717) is 19.3 Å². The van der Waals surface area contributed by atoms with Crippen molar-refractivity contribution in [1.82, 2.24) is 0 Å². The van der Waals surface area contributed by atoms with Gasteiger partial charge in [-0.1, -0.05) is 0 Å². The maximum atomic E-state index is 9.82. The zero-order valence-electron chi connectivity index (χ0n) is 4.91. The fourth-order valence-electron chi connectivity index (χ4n) is 0.381. The van der Waals surface area contributed by atoms with Gasteiger partial charge in [-0.2, -0.15) is 8.42 Å². The summed E-state index contributed by atoms with van der Waals surface area (Å²) in [6.07, 6.45) is 2.31. The molecule has 0 fully saturated rings. The zero-order valence-corrected chi connectivity index (χ0v) is 5.73. The third-order valence-corrected chi connectivity index (χ3v) is 1.29. The smallest absolute Gasteiger partial charge is 0.209 e. The first-order chi connectivity index (χ1) is 4.27. The molecular formula is C5H8O3S. The summed E-state index contributed by atoms with van der Waals surface area (Å²) in [6.45, 7) is 0. The second-order valence-corrected chi connectivity index (χ2v) is 2.38. The molecule has 3 nitrogen and oxygen atoms in total. The summed E-state index contributed by atoms with van der Waals surface area (Å²) in [5.41, 5.74) is 0. The Morgan fingerprint density at radius 2 is 1.89 bits per heavy atom. The van der Waals surface area contributed by atoms with Gasteiger partial charge >= 0.3 is 0 Å². The molecule has 0 heterocycles. The number of rotatable bonds is 4. The third-order valence-electron chi connectivity index (χ3n) is 0.780. The molecule has 0 saturated heterocycles. The summed E-state index contributed by atoms with van der Waals surface area (Å²) < 4.78 is 19.6. The van der Waals surface area contributed by atoms with Gasteiger partial charge in [-0.05, 0) is 12.8 Å². The summed E-state index contributed by atoms with van der Waals surface area (Å²) in [6, 6.07) is 0. The summed E-state index contributed by atoms with van der Waals surface area (Å²) in [5.74, 6) is 0. The SMILES string of the molecule is O=CCCCC=S(=O)=O. The minimum Gasteiger partial charge on any atom is -0.303 e. The maximum absolute atomic E-state index is 9.82. The molecule has 0 unspecified atom stereocenters. The van der Waals surface area contributed by atoms with Crippen LogP contribution in [0.3, 0.4) is 0 Å². The van der Waals surface area contributed by atoms with E-state index in [1.54, 1.807) is 0 Å². The van der Waals surface area contributed by atoms with Crippen LogP contribution in [0.4, 0.5) is 0 Å². The molecule has 0 spiro atoms. The molecule has 52 valence electrons. The van der Waals surface area contributed by atoms with Gasteiger partial charge in [-0.15, -0.1) is 0 Å². The van der Waals surface area contributed by atoms with Crippen LogP contribution < -0.4 is 0 Å². The summed E-state index contributed by atoms with van der Waals surface area (Å²) in [7, 11) is -2.06. The predicted octanol–water partition coefficient (Wildman–Crippen LogP) is 0.0369. The Bertz CT molecular complexity index is 182. The van der Waals surface area contributed by atoms with Gasteiger partial charge < -0.3 is 4.79 Å². The number of carbonyl (C=O) groups excluding carboxylic acids is 1. The minimum absolute atomic E-state index is 0.438. The van der Waals surface area contributed by atoms with E-state index in [1.165, 1.54) is 0 Å². The number of unbranched alkanes of at least 4 members (excludes halogenated alkanes) is 2. The molecule has 0 radical (unpaired) electrons. The van der Waals surface area contributed by atoms with Crippen LogP contribution in [-0.2, 0) is 15.1 Å². The van der Waals surface area contributed by atoms with Crippen molar-refractivity contribution < 1.29 is 13.2 Å². The van der Waals surface area contributed by atoms with Crippen LogP contribution in [0.15, 0.2) is 0 Å². The van der Waals surface area contributed by atoms with Crippen molar-refractivity contribution >= 4 is 21.9 Å². The van der Waals surface area contributed by atoms with Crippen molar-refractivity contribution in [1.29, 1.82) is 0 Å². The third kappa shape index (κ3) is 7.36. The van der Waals surface area contributed by atoms with Crippen molar-refractivity contribution in [2.45, 2.75) is 19.3 Å². The second kappa shape index (κ2) is 5.50. The fraction of sp³-hybridized carbons (Fsp3) is 0.600. The summed E-state index contributed by atoms with van der Waals surface area (Å²) >= 11 is 0. The molecular weight excluding hydrogens is 140 g/mol. The molecule has 0 bridgehead atoms. The highest BCUT2D eigenvalue weighted by Gasteiger charge is 1.81. The van der Waals surface area contributed by atoms with Crippen molar-refractivity contribution in [2.24, 2.45) is 0 Å². The van der Waals surface area contributed by atoms with E-state index in [1.807, 2.05) is 0 Å². The Hall–Kier alpha value is -0.640. The highest BCUT2D eigenvalue weighted by atomic mass is 32.2. The van der Waals surface area contributed by atoms with Gasteiger partial charge in [0.1, 0.15) is 6.29 Å². The van der Waals surface area contributed by atoms with E-state index in [-0.39, 0.29) is 0 Å². The number of hydrogen-bond donors (Lipinski definition) is 0. The Kier molecular flexibility index (Phi) is 5.11. The largest absolute Gasteiger partial charge is 0.303 e. The van der Waals surface area contributed by atoms with E-state index in [9.17, 15) is 13.2 Å². The first kappa shape index (κ1) is 8.36. The van der Waals surface area contributed by atoms with E-state index in [0.717, 1.165) is 11.7 Å². The fourth-order valence-corrected chi connectivity index (χ4v) is 0.740. The van der Waals surface area contributed by atoms with Crippen molar-refractivity contribution in [3.63, 3.8) is 0 Å². The Morgan fingerprint density at radius 1 is 1.22 bits per heavy atom. The van der Waals surface area contributed by atoms with E-state index < -0.39 is 10.3 Å². The van der Waals surface area contributed by atoms with Gasteiger partial charge in [0, 0.05) is 11.8 Å². The summed E-state index contributed by atoms with van der Waals surface area (Å²) in [5, 5.41) is 1.16. The molecule has 9 heavy (non-hydrogen) atoms. The molecule has 0 aromatic heterocycles. The van der Waals surface area contributed by atoms with Crippen LogP contribution in [-0.4, -0.2) is 20.1 Å². The van der Waals surface area contributed by atoms with Crippen LogP contribution in [0, 0.1) is 0 Å². The number of carbonyl (C=O) groups is 1. The van der Waals surface area contributed by atoms with E-state index in [4.69, 9.17) is 0 Å². The summed E-state index contributed by atoms with van der Waals surface area (Å²) in [4.78, 5) is 9.68. The molecule has 0 saturated carbocycles. The van der Waals surface area contributed by atoms with Gasteiger partial charge in [0.25, 0.3) is 0 Å². The molecule has 0 rings (SSSR count). The van der Waals surface area contributed by atoms with Crippen molar-refractivity contribution in [2.75, 3.05) is 0 Å². The van der Waals surface area contributed by atoms with Crippen LogP contribution in [0.1, 0.15) is 19.3 Å². The maximum Gasteiger partial charge on any atom is 0.209 e. The Balaban J connectivity index is 3.31. The first-order valence-electron chi connectivity index (χ1n) is 2.62. The standard InChI is InChI=1S/C5H8O3S/c6-4-2-1-3-5-9(7)8/h4-5H,1-3H2. The average Bonchev–Trinajstić information content (AvgIpc) is 1.80.